The fourth-order valence-corrected chi connectivity index (χ4v) is 1.49. The third-order valence-electron chi connectivity index (χ3n) is 2.09. The molecule has 0 aromatic heterocycles. The van der Waals surface area contributed by atoms with Crippen molar-refractivity contribution in [3.05, 3.63) is 29.3 Å². The average molecular weight is 228 g/mol. The van der Waals surface area contributed by atoms with Gasteiger partial charge in [0.05, 0.1) is 6.10 Å². The number of phenolic OH excluding ortho intramolecular Hbond substituents is 1. The highest BCUT2D eigenvalue weighted by Crippen LogP contribution is 2.29. The molecule has 1 aromatic rings. The molecule has 0 amide bonds. The minimum Gasteiger partial charge on any atom is -0.508 e. The lowest BCUT2D eigenvalue weighted by atomic mass is 9.99. The molecule has 0 bridgehead atoms. The van der Waals surface area contributed by atoms with Gasteiger partial charge in [-0.2, -0.15) is 12.6 Å². The first kappa shape index (κ1) is 12.0. The Labute approximate surface area is 92.6 Å². The first-order valence-corrected chi connectivity index (χ1v) is 4.99. The summed E-state index contributed by atoms with van der Waals surface area (Å²) < 4.78 is 0. The van der Waals surface area contributed by atoms with Crippen molar-refractivity contribution in [2.24, 2.45) is 0 Å². The molecule has 0 spiro atoms. The SMILES string of the molecule is O=Cc1cccc(O)c1C(O)C(O)CS. The molecule has 82 valence electrons. The minimum absolute atomic E-state index is 0.0355. The van der Waals surface area contributed by atoms with E-state index in [1.54, 1.807) is 0 Å². The quantitative estimate of drug-likeness (QED) is 0.448. The van der Waals surface area contributed by atoms with Gasteiger partial charge in [0.15, 0.2) is 6.29 Å². The number of phenols is 1. The van der Waals surface area contributed by atoms with Crippen LogP contribution in [0.1, 0.15) is 22.0 Å². The molecule has 1 aromatic carbocycles. The second-order valence-corrected chi connectivity index (χ2v) is 3.46. The first-order valence-electron chi connectivity index (χ1n) is 4.35. The molecule has 0 radical (unpaired) electrons. The second kappa shape index (κ2) is 5.16. The van der Waals surface area contributed by atoms with Gasteiger partial charge in [0.25, 0.3) is 0 Å². The van der Waals surface area contributed by atoms with E-state index >= 15 is 0 Å². The zero-order chi connectivity index (χ0) is 11.4. The second-order valence-electron chi connectivity index (χ2n) is 3.09. The Hall–Kier alpha value is -1.04. The van der Waals surface area contributed by atoms with Crippen LogP contribution in [0.15, 0.2) is 18.2 Å². The molecule has 5 heteroatoms. The van der Waals surface area contributed by atoms with Crippen LogP contribution in [-0.2, 0) is 0 Å². The Morgan fingerprint density at radius 2 is 2.07 bits per heavy atom. The van der Waals surface area contributed by atoms with Crippen molar-refractivity contribution in [1.82, 2.24) is 0 Å². The lowest BCUT2D eigenvalue weighted by molar-refractivity contribution is 0.0318. The molecule has 0 aliphatic heterocycles. The van der Waals surface area contributed by atoms with E-state index < -0.39 is 12.2 Å². The summed E-state index contributed by atoms with van der Waals surface area (Å²) in [5.41, 5.74) is 0.192. The van der Waals surface area contributed by atoms with Gasteiger partial charge < -0.3 is 15.3 Å². The molecule has 0 aliphatic carbocycles. The molecular weight excluding hydrogens is 216 g/mol. The third kappa shape index (κ3) is 2.50. The lowest BCUT2D eigenvalue weighted by Crippen LogP contribution is -2.21. The Bertz CT molecular complexity index is 353. The zero-order valence-corrected chi connectivity index (χ0v) is 8.76. The molecule has 0 aliphatic rings. The Balaban J connectivity index is 3.16. The fourth-order valence-electron chi connectivity index (χ4n) is 1.29. The van der Waals surface area contributed by atoms with Crippen LogP contribution in [-0.4, -0.2) is 33.5 Å². The summed E-state index contributed by atoms with van der Waals surface area (Å²) in [6.45, 7) is 0. The molecule has 4 nitrogen and oxygen atoms in total. The van der Waals surface area contributed by atoms with Gasteiger partial charge in [0, 0.05) is 16.9 Å². The number of aliphatic hydroxyl groups excluding tert-OH is 2. The van der Waals surface area contributed by atoms with Gasteiger partial charge in [0.2, 0.25) is 0 Å². The molecule has 15 heavy (non-hydrogen) atoms. The van der Waals surface area contributed by atoms with Crippen molar-refractivity contribution in [1.29, 1.82) is 0 Å². The summed E-state index contributed by atoms with van der Waals surface area (Å²) in [6, 6.07) is 4.29. The van der Waals surface area contributed by atoms with Gasteiger partial charge in [-0.1, -0.05) is 12.1 Å². The predicted molar refractivity (Wildman–Crippen MR) is 58.3 cm³/mol. The van der Waals surface area contributed by atoms with Crippen LogP contribution in [0.5, 0.6) is 5.75 Å². The Morgan fingerprint density at radius 1 is 1.40 bits per heavy atom. The van der Waals surface area contributed by atoms with Gasteiger partial charge in [-0.3, -0.25) is 4.79 Å². The molecule has 0 heterocycles. The number of benzene rings is 1. The van der Waals surface area contributed by atoms with Crippen molar-refractivity contribution < 1.29 is 20.1 Å². The maximum atomic E-state index is 10.7. The number of aromatic hydroxyl groups is 1. The molecular formula is C10H12O4S. The molecule has 3 N–H and O–H groups in total. The number of rotatable bonds is 4. The van der Waals surface area contributed by atoms with E-state index in [-0.39, 0.29) is 22.6 Å². The number of thiol groups is 1. The van der Waals surface area contributed by atoms with Gasteiger partial charge in [0.1, 0.15) is 11.9 Å². The number of aliphatic hydroxyl groups is 2. The summed E-state index contributed by atoms with van der Waals surface area (Å²) in [5, 5.41) is 28.5. The van der Waals surface area contributed by atoms with Crippen molar-refractivity contribution in [3.63, 3.8) is 0 Å². The standard InChI is InChI=1S/C10H12O4S/c11-4-6-2-1-3-7(12)9(6)10(14)8(13)5-15/h1-4,8,10,12-15H,5H2. The van der Waals surface area contributed by atoms with Crippen LogP contribution >= 0.6 is 12.6 Å². The maximum absolute atomic E-state index is 10.7. The highest BCUT2D eigenvalue weighted by atomic mass is 32.1. The van der Waals surface area contributed by atoms with Crippen LogP contribution in [0.2, 0.25) is 0 Å². The van der Waals surface area contributed by atoms with Crippen LogP contribution in [0.4, 0.5) is 0 Å². The van der Waals surface area contributed by atoms with Gasteiger partial charge in [-0.05, 0) is 6.07 Å². The van der Waals surface area contributed by atoms with Crippen LogP contribution in [0.25, 0.3) is 0 Å². The summed E-state index contributed by atoms with van der Waals surface area (Å²) in [6.07, 6.45) is -1.92. The topological polar surface area (TPSA) is 77.8 Å². The summed E-state index contributed by atoms with van der Waals surface area (Å²) in [7, 11) is 0. The third-order valence-corrected chi connectivity index (χ3v) is 2.47. The van der Waals surface area contributed by atoms with E-state index in [2.05, 4.69) is 12.6 Å². The zero-order valence-electron chi connectivity index (χ0n) is 7.87. The summed E-state index contributed by atoms with van der Waals surface area (Å²) in [5.74, 6) is -0.179. The normalized spacial score (nSPS) is 14.6. The Kier molecular flexibility index (Phi) is 4.14. The van der Waals surface area contributed by atoms with E-state index in [1.807, 2.05) is 0 Å². The van der Waals surface area contributed by atoms with E-state index in [4.69, 9.17) is 0 Å². The first-order chi connectivity index (χ1) is 7.11. The highest BCUT2D eigenvalue weighted by Gasteiger charge is 2.22. The highest BCUT2D eigenvalue weighted by molar-refractivity contribution is 7.80. The molecule has 1 rings (SSSR count). The number of hydrogen-bond acceptors (Lipinski definition) is 5. The molecule has 0 fully saturated rings. The van der Waals surface area contributed by atoms with Gasteiger partial charge >= 0.3 is 0 Å². The summed E-state index contributed by atoms with van der Waals surface area (Å²) in [4.78, 5) is 10.7. The Morgan fingerprint density at radius 3 is 2.60 bits per heavy atom. The number of hydrogen-bond donors (Lipinski definition) is 4. The lowest BCUT2D eigenvalue weighted by Gasteiger charge is -2.18. The summed E-state index contributed by atoms with van der Waals surface area (Å²) >= 11 is 3.82. The van der Waals surface area contributed by atoms with Gasteiger partial charge in [-0.25, -0.2) is 0 Å². The van der Waals surface area contributed by atoms with Crippen LogP contribution in [0, 0.1) is 0 Å². The molecule has 0 saturated carbocycles. The van der Waals surface area contributed by atoms with E-state index in [9.17, 15) is 20.1 Å². The molecule has 2 atom stereocenters. The number of carbonyl (C=O) groups excluding carboxylic acids is 1. The molecule has 0 saturated heterocycles. The smallest absolute Gasteiger partial charge is 0.150 e. The maximum Gasteiger partial charge on any atom is 0.150 e. The fraction of sp³-hybridized carbons (Fsp3) is 0.300. The van der Waals surface area contributed by atoms with E-state index in [0.29, 0.717) is 6.29 Å². The average Bonchev–Trinajstić information content (AvgIpc) is 2.26. The number of carbonyl (C=O) groups is 1. The number of aldehydes is 1. The largest absolute Gasteiger partial charge is 0.508 e. The van der Waals surface area contributed by atoms with Crippen LogP contribution in [0.3, 0.4) is 0 Å². The van der Waals surface area contributed by atoms with Crippen molar-refractivity contribution in [2.75, 3.05) is 5.75 Å². The van der Waals surface area contributed by atoms with Crippen LogP contribution < -0.4 is 0 Å². The van der Waals surface area contributed by atoms with Crippen molar-refractivity contribution >= 4 is 18.9 Å². The van der Waals surface area contributed by atoms with Crippen molar-refractivity contribution in [3.8, 4) is 5.75 Å². The van der Waals surface area contributed by atoms with Crippen molar-refractivity contribution in [2.45, 2.75) is 12.2 Å². The molecule has 2 unspecified atom stereocenters. The monoisotopic (exact) mass is 228 g/mol. The van der Waals surface area contributed by atoms with E-state index in [1.165, 1.54) is 18.2 Å². The van der Waals surface area contributed by atoms with E-state index in [0.717, 1.165) is 0 Å². The predicted octanol–water partition coefficient (Wildman–Crippen LogP) is 0.529. The van der Waals surface area contributed by atoms with Gasteiger partial charge in [-0.15, -0.1) is 0 Å². The minimum atomic E-state index is -1.32.